The van der Waals surface area contributed by atoms with E-state index in [0.717, 1.165) is 5.56 Å². The van der Waals surface area contributed by atoms with E-state index in [2.05, 4.69) is 0 Å². The second-order valence-corrected chi connectivity index (χ2v) is 4.40. The standard InChI is InChI=1S/C7H6FI2N/c8-7-5(9)1-4(3-11)2-6(7)10/h1-2H,3,11H2. The van der Waals surface area contributed by atoms with Crippen molar-refractivity contribution in [3.63, 3.8) is 0 Å². The van der Waals surface area contributed by atoms with E-state index in [1.165, 1.54) is 0 Å². The van der Waals surface area contributed by atoms with Gasteiger partial charge in [-0.05, 0) is 62.9 Å². The molecule has 1 rings (SSSR count). The Morgan fingerprint density at radius 2 is 1.73 bits per heavy atom. The fourth-order valence-electron chi connectivity index (χ4n) is 0.726. The summed E-state index contributed by atoms with van der Waals surface area (Å²) in [6.07, 6.45) is 0. The normalized spacial score (nSPS) is 10.2. The van der Waals surface area contributed by atoms with Crippen LogP contribution >= 0.6 is 45.2 Å². The highest BCUT2D eigenvalue weighted by molar-refractivity contribution is 14.1. The van der Waals surface area contributed by atoms with E-state index in [1.54, 1.807) is 12.1 Å². The number of rotatable bonds is 1. The maximum Gasteiger partial charge on any atom is 0.149 e. The monoisotopic (exact) mass is 377 g/mol. The van der Waals surface area contributed by atoms with Gasteiger partial charge < -0.3 is 5.73 Å². The average molecular weight is 377 g/mol. The molecule has 0 unspecified atom stereocenters. The Morgan fingerprint density at radius 3 is 2.09 bits per heavy atom. The number of benzene rings is 1. The molecular weight excluding hydrogens is 371 g/mol. The Labute approximate surface area is 91.8 Å². The van der Waals surface area contributed by atoms with Gasteiger partial charge in [-0.3, -0.25) is 0 Å². The molecule has 0 saturated carbocycles. The minimum Gasteiger partial charge on any atom is -0.326 e. The lowest BCUT2D eigenvalue weighted by atomic mass is 10.2. The molecule has 0 aromatic heterocycles. The Balaban J connectivity index is 3.21. The third-order valence-electron chi connectivity index (χ3n) is 1.28. The van der Waals surface area contributed by atoms with E-state index >= 15 is 0 Å². The fourth-order valence-corrected chi connectivity index (χ4v) is 2.62. The lowest BCUT2D eigenvalue weighted by molar-refractivity contribution is 0.611. The molecule has 1 aromatic rings. The molecule has 0 atom stereocenters. The summed E-state index contributed by atoms with van der Waals surface area (Å²) in [6.45, 7) is 0.465. The topological polar surface area (TPSA) is 26.0 Å². The predicted molar refractivity (Wildman–Crippen MR) is 59.7 cm³/mol. The van der Waals surface area contributed by atoms with E-state index < -0.39 is 0 Å². The first-order chi connectivity index (χ1) is 5.15. The molecule has 0 aliphatic rings. The van der Waals surface area contributed by atoms with Crippen molar-refractivity contribution in [1.29, 1.82) is 0 Å². The molecule has 0 radical (unpaired) electrons. The van der Waals surface area contributed by atoms with Gasteiger partial charge in [0.1, 0.15) is 5.82 Å². The van der Waals surface area contributed by atoms with Crippen LogP contribution in [-0.4, -0.2) is 0 Å². The molecule has 11 heavy (non-hydrogen) atoms. The van der Waals surface area contributed by atoms with Crippen molar-refractivity contribution in [3.8, 4) is 0 Å². The van der Waals surface area contributed by atoms with Gasteiger partial charge >= 0.3 is 0 Å². The summed E-state index contributed by atoms with van der Waals surface area (Å²) in [6, 6.07) is 3.52. The van der Waals surface area contributed by atoms with Crippen LogP contribution in [0.25, 0.3) is 0 Å². The molecule has 1 nitrogen and oxygen atoms in total. The quantitative estimate of drug-likeness (QED) is 0.591. The van der Waals surface area contributed by atoms with Crippen molar-refractivity contribution in [2.45, 2.75) is 6.54 Å². The summed E-state index contributed by atoms with van der Waals surface area (Å²) < 4.78 is 14.3. The molecule has 0 spiro atoms. The number of hydrogen-bond acceptors (Lipinski definition) is 1. The second kappa shape index (κ2) is 3.99. The van der Waals surface area contributed by atoms with Crippen molar-refractivity contribution < 1.29 is 4.39 Å². The van der Waals surface area contributed by atoms with Crippen LogP contribution in [0, 0.1) is 13.0 Å². The fraction of sp³-hybridized carbons (Fsp3) is 0.143. The summed E-state index contributed by atoms with van der Waals surface area (Å²) in [5.41, 5.74) is 6.38. The molecule has 0 aliphatic carbocycles. The highest BCUT2D eigenvalue weighted by Crippen LogP contribution is 2.19. The third-order valence-corrected chi connectivity index (χ3v) is 2.85. The zero-order chi connectivity index (χ0) is 8.43. The van der Waals surface area contributed by atoms with Crippen molar-refractivity contribution in [2.75, 3.05) is 0 Å². The maximum atomic E-state index is 13.0. The van der Waals surface area contributed by atoms with Crippen LogP contribution < -0.4 is 5.73 Å². The van der Waals surface area contributed by atoms with Gasteiger partial charge in [0.2, 0.25) is 0 Å². The molecule has 0 aliphatic heterocycles. The molecule has 0 heterocycles. The smallest absolute Gasteiger partial charge is 0.149 e. The molecule has 0 fully saturated rings. The Bertz CT molecular complexity index is 252. The molecular formula is C7H6FI2N. The minimum atomic E-state index is -0.150. The van der Waals surface area contributed by atoms with Crippen molar-refractivity contribution >= 4 is 45.2 Å². The maximum absolute atomic E-state index is 13.0. The molecule has 1 aromatic carbocycles. The average Bonchev–Trinajstić information content (AvgIpc) is 1.99. The zero-order valence-corrected chi connectivity index (χ0v) is 9.89. The van der Waals surface area contributed by atoms with Crippen molar-refractivity contribution in [2.24, 2.45) is 5.73 Å². The molecule has 0 amide bonds. The van der Waals surface area contributed by atoms with Gasteiger partial charge in [-0.1, -0.05) is 0 Å². The summed E-state index contributed by atoms with van der Waals surface area (Å²) in [7, 11) is 0. The van der Waals surface area contributed by atoms with Gasteiger partial charge in [0.05, 0.1) is 7.14 Å². The molecule has 60 valence electrons. The van der Waals surface area contributed by atoms with E-state index in [-0.39, 0.29) is 5.82 Å². The van der Waals surface area contributed by atoms with Crippen molar-refractivity contribution in [3.05, 3.63) is 30.7 Å². The highest BCUT2D eigenvalue weighted by atomic mass is 127. The van der Waals surface area contributed by atoms with Gasteiger partial charge in [0.25, 0.3) is 0 Å². The summed E-state index contributed by atoms with van der Waals surface area (Å²) in [5, 5.41) is 0. The van der Waals surface area contributed by atoms with E-state index in [0.29, 0.717) is 13.7 Å². The molecule has 2 N–H and O–H groups in total. The largest absolute Gasteiger partial charge is 0.326 e. The highest BCUT2D eigenvalue weighted by Gasteiger charge is 2.04. The van der Waals surface area contributed by atoms with Gasteiger partial charge in [-0.25, -0.2) is 4.39 Å². The van der Waals surface area contributed by atoms with E-state index in [1.807, 2.05) is 45.2 Å². The molecule has 0 bridgehead atoms. The van der Waals surface area contributed by atoms with Gasteiger partial charge in [-0.2, -0.15) is 0 Å². The Hall–Kier alpha value is 0.570. The van der Waals surface area contributed by atoms with Crippen LogP contribution in [0.2, 0.25) is 0 Å². The number of nitrogens with two attached hydrogens (primary N) is 1. The van der Waals surface area contributed by atoms with Gasteiger partial charge in [0, 0.05) is 6.54 Å². The summed E-state index contributed by atoms with van der Waals surface area (Å²) in [4.78, 5) is 0. The van der Waals surface area contributed by atoms with Crippen LogP contribution in [-0.2, 0) is 6.54 Å². The summed E-state index contributed by atoms with van der Waals surface area (Å²) in [5.74, 6) is -0.150. The first-order valence-electron chi connectivity index (χ1n) is 2.98. The molecule has 0 saturated heterocycles. The van der Waals surface area contributed by atoms with Crippen LogP contribution in [0.1, 0.15) is 5.56 Å². The van der Waals surface area contributed by atoms with E-state index in [9.17, 15) is 4.39 Å². The van der Waals surface area contributed by atoms with E-state index in [4.69, 9.17) is 5.73 Å². The van der Waals surface area contributed by atoms with Gasteiger partial charge in [-0.15, -0.1) is 0 Å². The van der Waals surface area contributed by atoms with Crippen LogP contribution in [0.4, 0.5) is 4.39 Å². The minimum absolute atomic E-state index is 0.150. The van der Waals surface area contributed by atoms with Crippen molar-refractivity contribution in [1.82, 2.24) is 0 Å². The first kappa shape index (κ1) is 9.66. The Kier molecular flexibility index (Phi) is 3.51. The summed E-state index contributed by atoms with van der Waals surface area (Å²) >= 11 is 3.93. The molecule has 4 heteroatoms. The second-order valence-electron chi connectivity index (χ2n) is 2.08. The zero-order valence-electron chi connectivity index (χ0n) is 5.57. The first-order valence-corrected chi connectivity index (χ1v) is 5.14. The van der Waals surface area contributed by atoms with Gasteiger partial charge in [0.15, 0.2) is 0 Å². The van der Waals surface area contributed by atoms with Crippen LogP contribution in [0.3, 0.4) is 0 Å². The SMILES string of the molecule is NCc1cc(I)c(F)c(I)c1. The number of halogens is 3. The van der Waals surface area contributed by atoms with Crippen LogP contribution in [0.15, 0.2) is 12.1 Å². The lowest BCUT2D eigenvalue weighted by Gasteiger charge is -2.01. The number of hydrogen-bond donors (Lipinski definition) is 1. The van der Waals surface area contributed by atoms with Crippen LogP contribution in [0.5, 0.6) is 0 Å². The Morgan fingerprint density at radius 1 is 1.27 bits per heavy atom. The lowest BCUT2D eigenvalue weighted by Crippen LogP contribution is -1.99. The third kappa shape index (κ3) is 2.25. The predicted octanol–water partition coefficient (Wildman–Crippen LogP) is 2.49.